The standard InChI is InChI=1S/C18H26N2O3/c1-22-17-5-3-2-4-16(17)13-19-7-9-20(10-8-19)18(21)12-15-6-11-23-14-15/h2-5,15H,6-14H2,1H3. The van der Waals surface area contributed by atoms with E-state index in [4.69, 9.17) is 9.47 Å². The Kier molecular flexibility index (Phi) is 5.51. The van der Waals surface area contributed by atoms with E-state index in [1.54, 1.807) is 7.11 Å². The summed E-state index contributed by atoms with van der Waals surface area (Å²) in [6.07, 6.45) is 1.67. The minimum Gasteiger partial charge on any atom is -0.496 e. The number of para-hydroxylation sites is 1. The van der Waals surface area contributed by atoms with Gasteiger partial charge in [0, 0.05) is 57.9 Å². The molecular weight excluding hydrogens is 292 g/mol. The van der Waals surface area contributed by atoms with Crippen LogP contribution in [0, 0.1) is 5.92 Å². The summed E-state index contributed by atoms with van der Waals surface area (Å²) in [6, 6.07) is 8.14. The van der Waals surface area contributed by atoms with Crippen molar-refractivity contribution in [1.29, 1.82) is 0 Å². The second-order valence-corrected chi connectivity index (χ2v) is 6.40. The quantitative estimate of drug-likeness (QED) is 0.830. The van der Waals surface area contributed by atoms with Crippen molar-refractivity contribution in [2.75, 3.05) is 46.5 Å². The second-order valence-electron chi connectivity index (χ2n) is 6.40. The number of benzene rings is 1. The monoisotopic (exact) mass is 318 g/mol. The van der Waals surface area contributed by atoms with E-state index in [0.717, 1.165) is 58.1 Å². The van der Waals surface area contributed by atoms with Crippen LogP contribution in [0.2, 0.25) is 0 Å². The first-order valence-electron chi connectivity index (χ1n) is 8.46. The Hall–Kier alpha value is -1.59. The van der Waals surface area contributed by atoms with Crippen molar-refractivity contribution >= 4 is 5.91 Å². The Balaban J connectivity index is 1.47. The normalized spacial score (nSPS) is 22.3. The number of carbonyl (C=O) groups is 1. The fourth-order valence-electron chi connectivity index (χ4n) is 3.35. The summed E-state index contributed by atoms with van der Waals surface area (Å²) in [5.41, 5.74) is 1.21. The van der Waals surface area contributed by atoms with Crippen LogP contribution in [-0.4, -0.2) is 62.2 Å². The lowest BCUT2D eigenvalue weighted by Gasteiger charge is -2.35. The van der Waals surface area contributed by atoms with E-state index >= 15 is 0 Å². The summed E-state index contributed by atoms with van der Waals surface area (Å²) in [7, 11) is 1.71. The second kappa shape index (κ2) is 7.79. The zero-order valence-electron chi connectivity index (χ0n) is 13.9. The molecule has 0 bridgehead atoms. The minimum atomic E-state index is 0.289. The zero-order chi connectivity index (χ0) is 16.1. The van der Waals surface area contributed by atoms with Gasteiger partial charge >= 0.3 is 0 Å². The smallest absolute Gasteiger partial charge is 0.223 e. The molecule has 3 rings (SSSR count). The van der Waals surface area contributed by atoms with E-state index in [1.165, 1.54) is 5.56 Å². The number of ether oxygens (including phenoxy) is 2. The summed E-state index contributed by atoms with van der Waals surface area (Å²) >= 11 is 0. The molecule has 1 unspecified atom stereocenters. The lowest BCUT2D eigenvalue weighted by Crippen LogP contribution is -2.48. The predicted molar refractivity (Wildman–Crippen MR) is 88.4 cm³/mol. The largest absolute Gasteiger partial charge is 0.496 e. The van der Waals surface area contributed by atoms with E-state index in [2.05, 4.69) is 11.0 Å². The van der Waals surface area contributed by atoms with Gasteiger partial charge in [-0.15, -0.1) is 0 Å². The van der Waals surface area contributed by atoms with E-state index in [9.17, 15) is 4.79 Å². The molecule has 2 saturated heterocycles. The number of carbonyl (C=O) groups excluding carboxylic acids is 1. The third-order valence-electron chi connectivity index (χ3n) is 4.80. The van der Waals surface area contributed by atoms with Gasteiger partial charge in [-0.25, -0.2) is 0 Å². The van der Waals surface area contributed by atoms with Gasteiger partial charge in [0.25, 0.3) is 0 Å². The van der Waals surface area contributed by atoms with E-state index in [0.29, 0.717) is 12.3 Å². The molecule has 126 valence electrons. The molecular formula is C18H26N2O3. The SMILES string of the molecule is COc1ccccc1CN1CCN(C(=O)CC2CCOC2)CC1. The molecule has 0 saturated carbocycles. The van der Waals surface area contributed by atoms with E-state index < -0.39 is 0 Å². The number of piperazine rings is 1. The summed E-state index contributed by atoms with van der Waals surface area (Å²) < 4.78 is 10.8. The molecule has 1 aromatic carbocycles. The van der Waals surface area contributed by atoms with E-state index in [-0.39, 0.29) is 5.91 Å². The third-order valence-corrected chi connectivity index (χ3v) is 4.80. The zero-order valence-corrected chi connectivity index (χ0v) is 13.9. The van der Waals surface area contributed by atoms with Crippen LogP contribution >= 0.6 is 0 Å². The molecule has 2 aliphatic rings. The molecule has 0 radical (unpaired) electrons. The summed E-state index contributed by atoms with van der Waals surface area (Å²) in [5.74, 6) is 1.65. The van der Waals surface area contributed by atoms with Crippen LogP contribution in [0.3, 0.4) is 0 Å². The summed E-state index contributed by atoms with van der Waals surface area (Å²) in [4.78, 5) is 16.8. The number of methoxy groups -OCH3 is 1. The van der Waals surface area contributed by atoms with Crippen molar-refractivity contribution in [2.45, 2.75) is 19.4 Å². The summed E-state index contributed by atoms with van der Waals surface area (Å²) in [5, 5.41) is 0. The van der Waals surface area contributed by atoms with Crippen LogP contribution in [0.1, 0.15) is 18.4 Å². The highest BCUT2D eigenvalue weighted by Gasteiger charge is 2.25. The fraction of sp³-hybridized carbons (Fsp3) is 0.611. The topological polar surface area (TPSA) is 42.0 Å². The maximum Gasteiger partial charge on any atom is 0.223 e. The first kappa shape index (κ1) is 16.3. The molecule has 0 aliphatic carbocycles. The van der Waals surface area contributed by atoms with Crippen LogP contribution in [-0.2, 0) is 16.1 Å². The maximum atomic E-state index is 12.4. The molecule has 2 fully saturated rings. The lowest BCUT2D eigenvalue weighted by molar-refractivity contribution is -0.134. The molecule has 0 aromatic heterocycles. The number of hydrogen-bond acceptors (Lipinski definition) is 4. The predicted octanol–water partition coefficient (Wildman–Crippen LogP) is 1.77. The van der Waals surface area contributed by atoms with Gasteiger partial charge in [0.15, 0.2) is 0 Å². The minimum absolute atomic E-state index is 0.289. The van der Waals surface area contributed by atoms with Crippen LogP contribution in [0.4, 0.5) is 0 Å². The highest BCUT2D eigenvalue weighted by Crippen LogP contribution is 2.21. The van der Waals surface area contributed by atoms with Crippen molar-refractivity contribution in [3.05, 3.63) is 29.8 Å². The van der Waals surface area contributed by atoms with Crippen molar-refractivity contribution < 1.29 is 14.3 Å². The van der Waals surface area contributed by atoms with Crippen molar-refractivity contribution in [2.24, 2.45) is 5.92 Å². The van der Waals surface area contributed by atoms with Crippen molar-refractivity contribution in [1.82, 2.24) is 9.80 Å². The molecule has 23 heavy (non-hydrogen) atoms. The molecule has 0 spiro atoms. The fourth-order valence-corrected chi connectivity index (χ4v) is 3.35. The van der Waals surface area contributed by atoms with Crippen molar-refractivity contribution in [3.63, 3.8) is 0 Å². The van der Waals surface area contributed by atoms with Gasteiger partial charge in [-0.1, -0.05) is 18.2 Å². The van der Waals surface area contributed by atoms with Gasteiger partial charge in [-0.05, 0) is 18.4 Å². The average Bonchev–Trinajstić information content (AvgIpc) is 3.09. The van der Waals surface area contributed by atoms with Gasteiger partial charge in [-0.3, -0.25) is 9.69 Å². The Labute approximate surface area is 138 Å². The number of amides is 1. The highest BCUT2D eigenvalue weighted by molar-refractivity contribution is 5.76. The highest BCUT2D eigenvalue weighted by atomic mass is 16.5. The number of hydrogen-bond donors (Lipinski definition) is 0. The van der Waals surface area contributed by atoms with E-state index in [1.807, 2.05) is 23.1 Å². The lowest BCUT2D eigenvalue weighted by atomic mass is 10.0. The molecule has 1 amide bonds. The van der Waals surface area contributed by atoms with Crippen molar-refractivity contribution in [3.8, 4) is 5.75 Å². The van der Waals surface area contributed by atoms with Crippen LogP contribution in [0.15, 0.2) is 24.3 Å². The van der Waals surface area contributed by atoms with Crippen LogP contribution in [0.25, 0.3) is 0 Å². The maximum absolute atomic E-state index is 12.4. The third kappa shape index (κ3) is 4.24. The van der Waals surface area contributed by atoms with Gasteiger partial charge in [0.05, 0.1) is 7.11 Å². The molecule has 5 heteroatoms. The number of nitrogens with zero attached hydrogens (tertiary/aromatic N) is 2. The summed E-state index contributed by atoms with van der Waals surface area (Å²) in [6.45, 7) is 5.92. The van der Waals surface area contributed by atoms with Gasteiger partial charge in [0.1, 0.15) is 5.75 Å². The molecule has 5 nitrogen and oxygen atoms in total. The molecule has 2 aliphatic heterocycles. The Bertz CT molecular complexity index is 521. The molecule has 0 N–H and O–H groups in total. The molecule has 2 heterocycles. The van der Waals surface area contributed by atoms with Crippen LogP contribution in [0.5, 0.6) is 5.75 Å². The molecule has 1 aromatic rings. The van der Waals surface area contributed by atoms with Gasteiger partial charge in [0.2, 0.25) is 5.91 Å². The first-order chi connectivity index (χ1) is 11.3. The van der Waals surface area contributed by atoms with Gasteiger partial charge < -0.3 is 14.4 Å². The number of rotatable bonds is 5. The Morgan fingerprint density at radius 2 is 2.04 bits per heavy atom. The first-order valence-corrected chi connectivity index (χ1v) is 8.46. The average molecular weight is 318 g/mol. The Morgan fingerprint density at radius 3 is 2.74 bits per heavy atom. The Morgan fingerprint density at radius 1 is 1.26 bits per heavy atom. The van der Waals surface area contributed by atoms with Gasteiger partial charge in [-0.2, -0.15) is 0 Å². The molecule has 1 atom stereocenters. The van der Waals surface area contributed by atoms with Crippen LogP contribution < -0.4 is 4.74 Å².